The lowest BCUT2D eigenvalue weighted by atomic mass is 9.71. The van der Waals surface area contributed by atoms with Gasteiger partial charge in [-0.3, -0.25) is 0 Å². The van der Waals surface area contributed by atoms with Gasteiger partial charge in [0, 0.05) is 13.0 Å². The molecule has 2 fully saturated rings. The highest BCUT2D eigenvalue weighted by Crippen LogP contribution is 2.51. The minimum absolute atomic E-state index is 0.0137. The zero-order valence-electron chi connectivity index (χ0n) is 26.4. The lowest BCUT2D eigenvalue weighted by Crippen LogP contribution is -2.46. The van der Waals surface area contributed by atoms with E-state index in [1.807, 2.05) is 0 Å². The number of rotatable bonds is 18. The summed E-state index contributed by atoms with van der Waals surface area (Å²) < 4.78 is 18.7. The second-order valence-corrected chi connectivity index (χ2v) is 19.0. The Kier molecular flexibility index (Phi) is 14.5. The van der Waals surface area contributed by atoms with E-state index >= 15 is 0 Å². The largest absolute Gasteiger partial charge is 0.479 e. The summed E-state index contributed by atoms with van der Waals surface area (Å²) in [6.45, 7) is 16.0. The van der Waals surface area contributed by atoms with Crippen molar-refractivity contribution in [2.24, 2.45) is 11.3 Å². The second kappa shape index (κ2) is 16.2. The van der Waals surface area contributed by atoms with Gasteiger partial charge in [0.1, 0.15) is 6.10 Å². The third kappa shape index (κ3) is 10.7. The maximum Gasteiger partial charge on any atom is 0.331 e. The molecule has 0 aromatic carbocycles. The minimum atomic E-state index is -2.14. The molecule has 0 aromatic heterocycles. The van der Waals surface area contributed by atoms with Gasteiger partial charge in [-0.25, -0.2) is 4.79 Å². The fourth-order valence-corrected chi connectivity index (χ4v) is 7.56. The number of hydrogen-bond acceptors (Lipinski definition) is 5. The van der Waals surface area contributed by atoms with Crippen LogP contribution < -0.4 is 0 Å². The predicted molar refractivity (Wildman–Crippen MR) is 161 cm³/mol. The minimum Gasteiger partial charge on any atom is -0.479 e. The fourth-order valence-electron chi connectivity index (χ4n) is 6.28. The highest BCUT2D eigenvalue weighted by molar-refractivity contribution is 6.74. The van der Waals surface area contributed by atoms with Crippen molar-refractivity contribution in [1.29, 1.82) is 0 Å². The van der Waals surface area contributed by atoms with Gasteiger partial charge in [-0.15, -0.1) is 0 Å². The number of aliphatic carboxylic acids is 1. The lowest BCUT2D eigenvalue weighted by Gasteiger charge is -2.38. The Labute approximate surface area is 241 Å². The summed E-state index contributed by atoms with van der Waals surface area (Å²) in [5.41, 5.74) is -0.174. The molecule has 6 nitrogen and oxygen atoms in total. The summed E-state index contributed by atoms with van der Waals surface area (Å²) in [7, 11) is -2.14. The van der Waals surface area contributed by atoms with Crippen LogP contribution in [0.3, 0.4) is 0 Å². The molecule has 39 heavy (non-hydrogen) atoms. The first-order valence-corrected chi connectivity index (χ1v) is 19.1. The summed E-state index contributed by atoms with van der Waals surface area (Å²) in [6, 6.07) is 0. The molecule has 0 aromatic rings. The molecule has 1 saturated carbocycles. The van der Waals surface area contributed by atoms with Crippen molar-refractivity contribution in [2.75, 3.05) is 6.61 Å². The molecule has 0 amide bonds. The lowest BCUT2D eigenvalue weighted by molar-refractivity contribution is -0.198. The van der Waals surface area contributed by atoms with Crippen molar-refractivity contribution in [3.63, 3.8) is 0 Å². The molecular weight excluding hydrogens is 508 g/mol. The smallest absolute Gasteiger partial charge is 0.331 e. The van der Waals surface area contributed by atoms with E-state index in [9.17, 15) is 15.0 Å². The van der Waals surface area contributed by atoms with E-state index in [2.05, 4.69) is 47.7 Å². The van der Waals surface area contributed by atoms with Gasteiger partial charge in [0.25, 0.3) is 0 Å². The van der Waals surface area contributed by atoms with E-state index in [0.29, 0.717) is 18.8 Å². The molecule has 1 saturated heterocycles. The van der Waals surface area contributed by atoms with E-state index < -0.39 is 20.4 Å². The van der Waals surface area contributed by atoms with Crippen LogP contribution in [-0.4, -0.2) is 55.7 Å². The zero-order chi connectivity index (χ0) is 29.1. The molecule has 0 bridgehead atoms. The van der Waals surface area contributed by atoms with Crippen molar-refractivity contribution in [2.45, 2.75) is 180 Å². The number of carboxylic acid groups (broad SMARTS) is 1. The third-order valence-electron chi connectivity index (χ3n) is 10.0. The van der Waals surface area contributed by atoms with Crippen molar-refractivity contribution in [1.82, 2.24) is 0 Å². The first-order chi connectivity index (χ1) is 18.3. The van der Waals surface area contributed by atoms with Crippen LogP contribution >= 0.6 is 0 Å². The summed E-state index contributed by atoms with van der Waals surface area (Å²) >= 11 is 0. The van der Waals surface area contributed by atoms with Crippen LogP contribution in [-0.2, 0) is 18.7 Å². The molecular formula is C32H62O6Si. The third-order valence-corrected chi connectivity index (χ3v) is 14.5. The van der Waals surface area contributed by atoms with Gasteiger partial charge >= 0.3 is 5.97 Å². The van der Waals surface area contributed by atoms with Crippen molar-refractivity contribution in [3.05, 3.63) is 0 Å². The number of carbonyl (C=O) groups is 1. The molecule has 2 aliphatic rings. The van der Waals surface area contributed by atoms with Gasteiger partial charge in [-0.1, -0.05) is 92.4 Å². The van der Waals surface area contributed by atoms with Crippen LogP contribution in [0.2, 0.25) is 18.1 Å². The summed E-state index contributed by atoms with van der Waals surface area (Å²) in [5.74, 6) is -0.514. The summed E-state index contributed by atoms with van der Waals surface area (Å²) in [4.78, 5) is 11.9. The maximum absolute atomic E-state index is 11.9. The monoisotopic (exact) mass is 570 g/mol. The van der Waals surface area contributed by atoms with Crippen LogP contribution in [0.25, 0.3) is 0 Å². The quantitative estimate of drug-likeness (QED) is 0.127. The maximum atomic E-state index is 11.9. The molecule has 1 aliphatic heterocycles. The van der Waals surface area contributed by atoms with Crippen LogP contribution in [0.15, 0.2) is 0 Å². The molecule has 0 spiro atoms. The number of hydrogen-bond donors (Lipinski definition) is 2. The first kappa shape index (κ1) is 34.7. The molecule has 1 aliphatic carbocycles. The van der Waals surface area contributed by atoms with Gasteiger partial charge in [-0.2, -0.15) is 0 Å². The van der Waals surface area contributed by atoms with E-state index in [1.54, 1.807) is 0 Å². The SMILES string of the molecule is CCCCCCCC[C@H]1C(OC2CCCCO2)C[C@H](O)[C@]1(C)CCCCCC(O[Si](C)(C)C(C)(C)C)C(=O)O. The Bertz CT molecular complexity index is 701. The zero-order valence-corrected chi connectivity index (χ0v) is 27.4. The Balaban J connectivity index is 1.93. The molecule has 230 valence electrons. The summed E-state index contributed by atoms with van der Waals surface area (Å²) in [5, 5.41) is 21.1. The van der Waals surface area contributed by atoms with Gasteiger partial charge < -0.3 is 24.1 Å². The Morgan fingerprint density at radius 1 is 1.05 bits per heavy atom. The van der Waals surface area contributed by atoms with E-state index in [0.717, 1.165) is 58.0 Å². The van der Waals surface area contributed by atoms with E-state index in [4.69, 9.17) is 13.9 Å². The Hall–Kier alpha value is -0.473. The number of carboxylic acids is 1. The molecule has 3 unspecified atom stereocenters. The van der Waals surface area contributed by atoms with Gasteiger partial charge in [-0.05, 0) is 68.0 Å². The molecule has 6 atom stereocenters. The van der Waals surface area contributed by atoms with Crippen LogP contribution in [0.5, 0.6) is 0 Å². The second-order valence-electron chi connectivity index (χ2n) is 14.2. The van der Waals surface area contributed by atoms with E-state index in [-0.39, 0.29) is 29.0 Å². The first-order valence-electron chi connectivity index (χ1n) is 16.2. The van der Waals surface area contributed by atoms with Gasteiger partial charge in [0.2, 0.25) is 0 Å². The van der Waals surface area contributed by atoms with Gasteiger partial charge in [0.15, 0.2) is 14.6 Å². The number of ether oxygens (including phenoxy) is 2. The molecule has 1 heterocycles. The fraction of sp³-hybridized carbons (Fsp3) is 0.969. The Morgan fingerprint density at radius 3 is 2.33 bits per heavy atom. The van der Waals surface area contributed by atoms with E-state index in [1.165, 1.54) is 38.5 Å². The average molecular weight is 571 g/mol. The number of aliphatic hydroxyl groups excluding tert-OH is 1. The topological polar surface area (TPSA) is 85.2 Å². The van der Waals surface area contributed by atoms with Gasteiger partial charge in [0.05, 0.1) is 12.2 Å². The Morgan fingerprint density at radius 2 is 1.72 bits per heavy atom. The van der Waals surface area contributed by atoms with Crippen LogP contribution in [0, 0.1) is 11.3 Å². The van der Waals surface area contributed by atoms with Crippen molar-refractivity contribution < 1.29 is 28.9 Å². The normalized spacial score (nSPS) is 29.0. The standard InChI is InChI=1S/C32H62O6Si/c1-8-9-10-11-12-14-19-25-27(37-29-21-16-18-23-36-29)24-28(33)32(25,5)22-17-13-15-20-26(30(34)35)38-39(6,7)31(2,3)4/h25-29,33H,8-24H2,1-7H3,(H,34,35)/t25-,26?,27?,28-,29?,32+/m0/s1. The molecule has 0 radical (unpaired) electrons. The highest BCUT2D eigenvalue weighted by atomic mass is 28.4. The average Bonchev–Trinajstić information content (AvgIpc) is 3.09. The van der Waals surface area contributed by atoms with Crippen molar-refractivity contribution in [3.8, 4) is 0 Å². The molecule has 2 N–H and O–H groups in total. The highest BCUT2D eigenvalue weighted by Gasteiger charge is 2.51. The number of unbranched alkanes of at least 4 members (excludes halogenated alkanes) is 7. The molecule has 7 heteroatoms. The van der Waals surface area contributed by atoms with Crippen LogP contribution in [0.4, 0.5) is 0 Å². The summed E-state index contributed by atoms with van der Waals surface area (Å²) in [6.07, 6.45) is 15.7. The van der Waals surface area contributed by atoms with Crippen molar-refractivity contribution >= 4 is 14.3 Å². The van der Waals surface area contributed by atoms with Crippen LogP contribution in [0.1, 0.15) is 137 Å². The molecule has 2 rings (SSSR count). The number of aliphatic hydroxyl groups is 1. The predicted octanol–water partition coefficient (Wildman–Crippen LogP) is 8.46.